The third kappa shape index (κ3) is 3.20. The van der Waals surface area contributed by atoms with Crippen LogP contribution >= 0.6 is 0 Å². The minimum absolute atomic E-state index is 0.116. The SMILES string of the molecule is CCc1cc(Oc2cccc(F)c2C#N)nc(-c2ccccn2)n1. The Labute approximate surface area is 138 Å². The van der Waals surface area contributed by atoms with Crippen LogP contribution in [0.15, 0.2) is 48.7 Å². The van der Waals surface area contributed by atoms with Gasteiger partial charge in [-0.05, 0) is 30.7 Å². The highest BCUT2D eigenvalue weighted by molar-refractivity contribution is 5.51. The second-order valence-corrected chi connectivity index (χ2v) is 4.92. The lowest BCUT2D eigenvalue weighted by Crippen LogP contribution is -2.00. The van der Waals surface area contributed by atoms with Gasteiger partial charge in [0.05, 0.1) is 0 Å². The number of rotatable bonds is 4. The first-order valence-corrected chi connectivity index (χ1v) is 7.37. The molecule has 0 atom stereocenters. The third-order valence-corrected chi connectivity index (χ3v) is 3.31. The van der Waals surface area contributed by atoms with E-state index in [1.54, 1.807) is 30.5 Å². The van der Waals surface area contributed by atoms with E-state index in [-0.39, 0.29) is 17.2 Å². The number of hydrogen-bond donors (Lipinski definition) is 0. The zero-order valence-electron chi connectivity index (χ0n) is 12.9. The molecule has 0 spiro atoms. The Kier molecular flexibility index (Phi) is 4.43. The Bertz CT molecular complexity index is 907. The lowest BCUT2D eigenvalue weighted by Gasteiger charge is -2.09. The smallest absolute Gasteiger partial charge is 0.223 e. The Hall–Kier alpha value is -3.33. The molecule has 0 aliphatic heterocycles. The number of nitrogens with zero attached hydrogens (tertiary/aromatic N) is 4. The monoisotopic (exact) mass is 320 g/mol. The number of halogens is 1. The van der Waals surface area contributed by atoms with E-state index in [4.69, 9.17) is 10.00 Å². The Balaban J connectivity index is 2.03. The van der Waals surface area contributed by atoms with Crippen LogP contribution in [-0.4, -0.2) is 15.0 Å². The largest absolute Gasteiger partial charge is 0.437 e. The van der Waals surface area contributed by atoms with Gasteiger partial charge in [0.25, 0.3) is 0 Å². The molecule has 6 heteroatoms. The van der Waals surface area contributed by atoms with Crippen LogP contribution in [0.2, 0.25) is 0 Å². The van der Waals surface area contributed by atoms with Gasteiger partial charge in [0.15, 0.2) is 5.82 Å². The minimum atomic E-state index is -0.635. The molecule has 2 heterocycles. The maximum Gasteiger partial charge on any atom is 0.223 e. The van der Waals surface area contributed by atoms with Crippen LogP contribution in [0, 0.1) is 17.1 Å². The summed E-state index contributed by atoms with van der Waals surface area (Å²) in [7, 11) is 0. The summed E-state index contributed by atoms with van der Waals surface area (Å²) < 4.78 is 19.3. The van der Waals surface area contributed by atoms with Gasteiger partial charge in [-0.3, -0.25) is 4.98 Å². The molecule has 118 valence electrons. The van der Waals surface area contributed by atoms with Crippen LogP contribution in [0.25, 0.3) is 11.5 Å². The van der Waals surface area contributed by atoms with Crippen molar-refractivity contribution in [1.29, 1.82) is 5.26 Å². The number of hydrogen-bond acceptors (Lipinski definition) is 5. The van der Waals surface area contributed by atoms with Gasteiger partial charge in [-0.2, -0.15) is 10.2 Å². The summed E-state index contributed by atoms with van der Waals surface area (Å²) >= 11 is 0. The summed E-state index contributed by atoms with van der Waals surface area (Å²) in [5.74, 6) is 0.138. The molecule has 0 saturated heterocycles. The molecule has 2 aromatic heterocycles. The predicted molar refractivity (Wildman–Crippen MR) is 85.8 cm³/mol. The Morgan fingerprint density at radius 1 is 1.17 bits per heavy atom. The first kappa shape index (κ1) is 15.6. The van der Waals surface area contributed by atoms with E-state index in [0.29, 0.717) is 17.9 Å². The van der Waals surface area contributed by atoms with Crippen molar-refractivity contribution in [3.05, 3.63) is 65.7 Å². The lowest BCUT2D eigenvalue weighted by atomic mass is 10.2. The van der Waals surface area contributed by atoms with Gasteiger partial charge in [-0.25, -0.2) is 9.37 Å². The highest BCUT2D eigenvalue weighted by Crippen LogP contribution is 2.27. The van der Waals surface area contributed by atoms with E-state index >= 15 is 0 Å². The summed E-state index contributed by atoms with van der Waals surface area (Å²) in [6.45, 7) is 1.96. The average Bonchev–Trinajstić information content (AvgIpc) is 2.62. The fraction of sp³-hybridized carbons (Fsp3) is 0.111. The predicted octanol–water partition coefficient (Wildman–Crippen LogP) is 3.90. The van der Waals surface area contributed by atoms with Crippen molar-refractivity contribution < 1.29 is 9.13 Å². The van der Waals surface area contributed by atoms with Crippen molar-refractivity contribution in [1.82, 2.24) is 15.0 Å². The van der Waals surface area contributed by atoms with Crippen molar-refractivity contribution in [3.8, 4) is 29.2 Å². The standard InChI is InChI=1S/C18H13FN4O/c1-2-12-10-17(23-18(22-12)15-7-3-4-9-21-15)24-16-8-5-6-14(19)13(16)11-20/h3-10H,2H2,1H3. The molecule has 0 fully saturated rings. The summed E-state index contributed by atoms with van der Waals surface area (Å²) in [6.07, 6.45) is 2.32. The van der Waals surface area contributed by atoms with Gasteiger partial charge in [-0.15, -0.1) is 0 Å². The zero-order valence-corrected chi connectivity index (χ0v) is 12.9. The number of aromatic nitrogens is 3. The van der Waals surface area contributed by atoms with Crippen molar-refractivity contribution in [2.24, 2.45) is 0 Å². The molecule has 0 N–H and O–H groups in total. The molecular weight excluding hydrogens is 307 g/mol. The van der Waals surface area contributed by atoms with Gasteiger partial charge in [0, 0.05) is 18.0 Å². The van der Waals surface area contributed by atoms with E-state index in [0.717, 1.165) is 5.69 Å². The second-order valence-electron chi connectivity index (χ2n) is 4.92. The van der Waals surface area contributed by atoms with Gasteiger partial charge in [-0.1, -0.05) is 19.1 Å². The summed E-state index contributed by atoms with van der Waals surface area (Å²) in [5.41, 5.74) is 1.21. The van der Waals surface area contributed by atoms with Crippen LogP contribution in [0.3, 0.4) is 0 Å². The fourth-order valence-corrected chi connectivity index (χ4v) is 2.13. The fourth-order valence-electron chi connectivity index (χ4n) is 2.13. The first-order chi connectivity index (χ1) is 11.7. The zero-order chi connectivity index (χ0) is 16.9. The van der Waals surface area contributed by atoms with Crippen molar-refractivity contribution in [3.63, 3.8) is 0 Å². The normalized spacial score (nSPS) is 10.2. The van der Waals surface area contributed by atoms with Gasteiger partial charge in [0.2, 0.25) is 5.88 Å². The molecule has 0 amide bonds. The third-order valence-electron chi connectivity index (χ3n) is 3.31. The molecule has 3 aromatic rings. The van der Waals surface area contributed by atoms with Gasteiger partial charge >= 0.3 is 0 Å². The quantitative estimate of drug-likeness (QED) is 0.729. The maximum atomic E-state index is 13.7. The molecule has 1 aromatic carbocycles. The average molecular weight is 320 g/mol. The molecule has 24 heavy (non-hydrogen) atoms. The molecule has 0 aliphatic rings. The highest BCUT2D eigenvalue weighted by Gasteiger charge is 2.13. The second kappa shape index (κ2) is 6.84. The van der Waals surface area contributed by atoms with Crippen molar-refractivity contribution in [2.75, 3.05) is 0 Å². The molecule has 0 unspecified atom stereocenters. The van der Waals surface area contributed by atoms with E-state index in [1.807, 2.05) is 13.0 Å². The summed E-state index contributed by atoms with van der Waals surface area (Å²) in [4.78, 5) is 13.0. The maximum absolute atomic E-state index is 13.7. The van der Waals surface area contributed by atoms with Crippen molar-refractivity contribution in [2.45, 2.75) is 13.3 Å². The van der Waals surface area contributed by atoms with Crippen LogP contribution in [0.5, 0.6) is 11.6 Å². The van der Waals surface area contributed by atoms with E-state index < -0.39 is 5.82 Å². The summed E-state index contributed by atoms with van der Waals surface area (Å²) in [5, 5.41) is 9.10. The first-order valence-electron chi connectivity index (χ1n) is 7.37. The number of benzene rings is 1. The van der Waals surface area contributed by atoms with Gasteiger partial charge in [0.1, 0.15) is 28.9 Å². The molecular formula is C18H13FN4O. The minimum Gasteiger partial charge on any atom is -0.437 e. The highest BCUT2D eigenvalue weighted by atomic mass is 19.1. The molecule has 0 bridgehead atoms. The lowest BCUT2D eigenvalue weighted by molar-refractivity contribution is 0.454. The van der Waals surface area contributed by atoms with Crippen molar-refractivity contribution >= 4 is 0 Å². The van der Waals surface area contributed by atoms with E-state index in [2.05, 4.69) is 15.0 Å². The van der Waals surface area contributed by atoms with Crippen LogP contribution in [0.4, 0.5) is 4.39 Å². The molecule has 5 nitrogen and oxygen atoms in total. The Morgan fingerprint density at radius 3 is 2.75 bits per heavy atom. The van der Waals surface area contributed by atoms with Gasteiger partial charge < -0.3 is 4.74 Å². The van der Waals surface area contributed by atoms with Crippen LogP contribution < -0.4 is 4.74 Å². The number of ether oxygens (including phenoxy) is 1. The van der Waals surface area contributed by atoms with Crippen LogP contribution in [-0.2, 0) is 6.42 Å². The number of nitriles is 1. The molecule has 0 saturated carbocycles. The van der Waals surface area contributed by atoms with Crippen LogP contribution in [0.1, 0.15) is 18.2 Å². The van der Waals surface area contributed by atoms with E-state index in [9.17, 15) is 4.39 Å². The summed E-state index contributed by atoms with van der Waals surface area (Å²) in [6, 6.07) is 13.1. The topological polar surface area (TPSA) is 71.7 Å². The molecule has 0 aliphatic carbocycles. The molecule has 3 rings (SSSR count). The number of aryl methyl sites for hydroxylation is 1. The number of pyridine rings is 1. The van der Waals surface area contributed by atoms with E-state index in [1.165, 1.54) is 18.2 Å². The molecule has 0 radical (unpaired) electrons. The Morgan fingerprint density at radius 2 is 2.04 bits per heavy atom.